The second kappa shape index (κ2) is 6.62. The highest BCUT2D eigenvalue weighted by atomic mass is 19.1. The molecule has 0 unspecified atom stereocenters. The van der Waals surface area contributed by atoms with E-state index in [4.69, 9.17) is 0 Å². The third-order valence-electron chi connectivity index (χ3n) is 4.28. The lowest BCUT2D eigenvalue weighted by atomic mass is 9.94. The predicted octanol–water partition coefficient (Wildman–Crippen LogP) is 4.06. The smallest absolute Gasteiger partial charge is 0.255 e. The molecule has 1 aliphatic rings. The van der Waals surface area contributed by atoms with E-state index in [0.717, 1.165) is 24.8 Å². The Hall–Kier alpha value is -2.67. The number of likely N-dealkylation sites (tertiary alicyclic amines) is 1. The maximum Gasteiger partial charge on any atom is 0.255 e. The summed E-state index contributed by atoms with van der Waals surface area (Å²) in [5, 5.41) is 9.21. The van der Waals surface area contributed by atoms with Crippen LogP contribution in [0.3, 0.4) is 0 Å². The first kappa shape index (κ1) is 15.2. The van der Waals surface area contributed by atoms with Crippen molar-refractivity contribution < 1.29 is 9.18 Å². The molecule has 1 saturated heterocycles. The van der Waals surface area contributed by atoms with Crippen molar-refractivity contribution in [3.8, 4) is 6.07 Å². The lowest BCUT2D eigenvalue weighted by Crippen LogP contribution is -2.38. The van der Waals surface area contributed by atoms with Gasteiger partial charge in [-0.3, -0.25) is 4.79 Å². The molecular formula is C19H17FN2O. The number of hydrogen-bond donors (Lipinski definition) is 0. The summed E-state index contributed by atoms with van der Waals surface area (Å²) in [4.78, 5) is 14.7. The van der Waals surface area contributed by atoms with E-state index in [1.165, 1.54) is 12.1 Å². The van der Waals surface area contributed by atoms with Crippen LogP contribution >= 0.6 is 0 Å². The van der Waals surface area contributed by atoms with Crippen molar-refractivity contribution in [1.29, 1.82) is 5.26 Å². The molecule has 0 N–H and O–H groups in total. The van der Waals surface area contributed by atoms with E-state index in [1.54, 1.807) is 35.2 Å². The van der Waals surface area contributed by atoms with Crippen LogP contribution in [0.15, 0.2) is 48.5 Å². The Morgan fingerprint density at radius 3 is 2.78 bits per heavy atom. The second-order valence-corrected chi connectivity index (χ2v) is 5.72. The monoisotopic (exact) mass is 308 g/mol. The fourth-order valence-corrected chi connectivity index (χ4v) is 3.16. The molecule has 1 atom stereocenters. The zero-order valence-electron chi connectivity index (χ0n) is 12.7. The first-order valence-corrected chi connectivity index (χ1v) is 7.76. The number of carbonyl (C=O) groups excluding carboxylic acids is 1. The molecule has 23 heavy (non-hydrogen) atoms. The molecule has 0 aliphatic carbocycles. The van der Waals surface area contributed by atoms with Gasteiger partial charge < -0.3 is 4.90 Å². The van der Waals surface area contributed by atoms with Gasteiger partial charge in [-0.15, -0.1) is 0 Å². The molecule has 0 radical (unpaired) electrons. The van der Waals surface area contributed by atoms with E-state index in [-0.39, 0.29) is 17.8 Å². The van der Waals surface area contributed by atoms with Crippen molar-refractivity contribution in [3.05, 3.63) is 71.0 Å². The van der Waals surface area contributed by atoms with Gasteiger partial charge in [0.1, 0.15) is 5.82 Å². The van der Waals surface area contributed by atoms with E-state index < -0.39 is 0 Å². The van der Waals surface area contributed by atoms with Gasteiger partial charge in [-0.25, -0.2) is 4.39 Å². The van der Waals surface area contributed by atoms with Crippen LogP contribution in [0.25, 0.3) is 0 Å². The Morgan fingerprint density at radius 1 is 1.17 bits per heavy atom. The van der Waals surface area contributed by atoms with Gasteiger partial charge in [0.15, 0.2) is 0 Å². The first-order chi connectivity index (χ1) is 11.2. The molecule has 0 aromatic heterocycles. The molecule has 1 fully saturated rings. The lowest BCUT2D eigenvalue weighted by molar-refractivity contribution is 0.0611. The average molecular weight is 308 g/mol. The zero-order valence-corrected chi connectivity index (χ0v) is 12.7. The number of hydrogen-bond acceptors (Lipinski definition) is 2. The lowest BCUT2D eigenvalue weighted by Gasteiger charge is -2.36. The van der Waals surface area contributed by atoms with Crippen LogP contribution in [-0.4, -0.2) is 17.4 Å². The minimum absolute atomic E-state index is 0.140. The molecular weight excluding hydrogens is 291 g/mol. The van der Waals surface area contributed by atoms with E-state index >= 15 is 0 Å². The number of halogens is 1. The third kappa shape index (κ3) is 3.09. The number of rotatable bonds is 2. The molecule has 1 amide bonds. The van der Waals surface area contributed by atoms with Gasteiger partial charge in [0.25, 0.3) is 5.91 Å². The number of nitrogens with zero attached hydrogens (tertiary/aromatic N) is 2. The highest BCUT2D eigenvalue weighted by Crippen LogP contribution is 2.32. The number of benzene rings is 2. The van der Waals surface area contributed by atoms with Crippen LogP contribution in [0.1, 0.15) is 46.8 Å². The van der Waals surface area contributed by atoms with Gasteiger partial charge in [0.05, 0.1) is 23.2 Å². The Balaban J connectivity index is 1.95. The summed E-state index contributed by atoms with van der Waals surface area (Å²) in [5.74, 6) is -0.450. The maximum absolute atomic E-state index is 13.5. The quantitative estimate of drug-likeness (QED) is 0.839. The standard InChI is InChI=1S/C19H17FN2O/c20-16-8-5-7-14(12-16)18-10-3-4-11-22(18)19(23)17-9-2-1-6-15(17)13-21/h1-2,5-9,12,18H,3-4,10-11H2/t18-/m1/s1. The molecule has 2 aromatic carbocycles. The number of nitriles is 1. The average Bonchev–Trinajstić information content (AvgIpc) is 2.61. The zero-order chi connectivity index (χ0) is 16.2. The molecule has 1 aliphatic heterocycles. The minimum atomic E-state index is -0.294. The first-order valence-electron chi connectivity index (χ1n) is 7.76. The summed E-state index contributed by atoms with van der Waals surface area (Å²) < 4.78 is 13.5. The highest BCUT2D eigenvalue weighted by Gasteiger charge is 2.29. The van der Waals surface area contributed by atoms with Crippen molar-refractivity contribution in [2.24, 2.45) is 0 Å². The minimum Gasteiger partial charge on any atom is -0.332 e. The van der Waals surface area contributed by atoms with Gasteiger partial charge in [-0.1, -0.05) is 24.3 Å². The van der Waals surface area contributed by atoms with E-state index in [0.29, 0.717) is 17.7 Å². The van der Waals surface area contributed by atoms with Crippen LogP contribution in [-0.2, 0) is 0 Å². The van der Waals surface area contributed by atoms with Crippen LogP contribution in [0.4, 0.5) is 4.39 Å². The van der Waals surface area contributed by atoms with Gasteiger partial charge in [-0.2, -0.15) is 5.26 Å². The summed E-state index contributed by atoms with van der Waals surface area (Å²) in [5.41, 5.74) is 1.60. The fourth-order valence-electron chi connectivity index (χ4n) is 3.16. The Bertz CT molecular complexity index is 766. The predicted molar refractivity (Wildman–Crippen MR) is 85.2 cm³/mol. The van der Waals surface area contributed by atoms with Crippen LogP contribution in [0.5, 0.6) is 0 Å². The number of piperidine rings is 1. The van der Waals surface area contributed by atoms with Crippen LogP contribution in [0.2, 0.25) is 0 Å². The van der Waals surface area contributed by atoms with Crippen molar-refractivity contribution in [2.45, 2.75) is 25.3 Å². The SMILES string of the molecule is N#Cc1ccccc1C(=O)N1CCCC[C@@H]1c1cccc(F)c1. The van der Waals surface area contributed by atoms with Crippen molar-refractivity contribution in [3.63, 3.8) is 0 Å². The largest absolute Gasteiger partial charge is 0.332 e. The molecule has 0 bridgehead atoms. The van der Waals surface area contributed by atoms with Gasteiger partial charge in [0.2, 0.25) is 0 Å². The molecule has 0 saturated carbocycles. The normalized spacial score (nSPS) is 17.6. The summed E-state index contributed by atoms with van der Waals surface area (Å²) in [6, 6.07) is 15.2. The Kier molecular flexibility index (Phi) is 4.38. The van der Waals surface area contributed by atoms with Gasteiger partial charge in [-0.05, 0) is 49.1 Å². The van der Waals surface area contributed by atoms with E-state index in [9.17, 15) is 14.4 Å². The Morgan fingerprint density at radius 2 is 2.00 bits per heavy atom. The van der Waals surface area contributed by atoms with E-state index in [2.05, 4.69) is 6.07 Å². The van der Waals surface area contributed by atoms with Crippen LogP contribution < -0.4 is 0 Å². The summed E-state index contributed by atoms with van der Waals surface area (Å²) in [6.45, 7) is 0.625. The fraction of sp³-hybridized carbons (Fsp3) is 0.263. The van der Waals surface area contributed by atoms with Gasteiger partial charge >= 0.3 is 0 Å². The van der Waals surface area contributed by atoms with Crippen molar-refractivity contribution in [1.82, 2.24) is 4.90 Å². The molecule has 2 aromatic rings. The molecule has 1 heterocycles. The van der Waals surface area contributed by atoms with Crippen molar-refractivity contribution in [2.75, 3.05) is 6.54 Å². The maximum atomic E-state index is 13.5. The molecule has 3 nitrogen and oxygen atoms in total. The molecule has 116 valence electrons. The topological polar surface area (TPSA) is 44.1 Å². The van der Waals surface area contributed by atoms with E-state index in [1.807, 2.05) is 6.07 Å². The highest BCUT2D eigenvalue weighted by molar-refractivity contribution is 5.97. The Labute approximate surface area is 135 Å². The van der Waals surface area contributed by atoms with Gasteiger partial charge in [0, 0.05) is 6.54 Å². The molecule has 0 spiro atoms. The van der Waals surface area contributed by atoms with Crippen LogP contribution in [0, 0.1) is 17.1 Å². The summed E-state index contributed by atoms with van der Waals surface area (Å²) >= 11 is 0. The second-order valence-electron chi connectivity index (χ2n) is 5.72. The molecule has 3 rings (SSSR count). The third-order valence-corrected chi connectivity index (χ3v) is 4.28. The summed E-state index contributed by atoms with van der Waals surface area (Å²) in [7, 11) is 0. The van der Waals surface area contributed by atoms with Crippen molar-refractivity contribution >= 4 is 5.91 Å². The summed E-state index contributed by atoms with van der Waals surface area (Å²) in [6.07, 6.45) is 2.74. The molecule has 4 heteroatoms. The number of carbonyl (C=O) groups is 1. The number of amides is 1.